The van der Waals surface area contributed by atoms with Crippen molar-refractivity contribution in [2.75, 3.05) is 0 Å². The van der Waals surface area contributed by atoms with Gasteiger partial charge in [0.2, 0.25) is 5.78 Å². The van der Waals surface area contributed by atoms with E-state index in [2.05, 4.69) is 0 Å². The van der Waals surface area contributed by atoms with Crippen molar-refractivity contribution in [3.63, 3.8) is 0 Å². The minimum Gasteiger partial charge on any atom is -0.411 e. The van der Waals surface area contributed by atoms with Crippen LogP contribution < -0.4 is 0 Å². The Morgan fingerprint density at radius 3 is 1.95 bits per heavy atom. The Morgan fingerprint density at radius 1 is 1.09 bits per heavy atom. The molecule has 0 saturated heterocycles. The summed E-state index contributed by atoms with van der Waals surface area (Å²) in [5.74, 6) is -4.56. The molecule has 3 nitrogen and oxygen atoms in total. The zero-order valence-electron chi connectivity index (χ0n) is 10.5. The van der Waals surface area contributed by atoms with E-state index in [1.54, 1.807) is 0 Å². The summed E-state index contributed by atoms with van der Waals surface area (Å²) in [5.41, 5.74) is -2.21. The van der Waals surface area contributed by atoms with Gasteiger partial charge >= 0.3 is 12.4 Å². The van der Waals surface area contributed by atoms with E-state index >= 15 is 0 Å². The Hall–Kier alpha value is -1.77. The lowest BCUT2D eigenvalue weighted by Gasteiger charge is -2.19. The van der Waals surface area contributed by atoms with Crippen LogP contribution in [-0.2, 0) is 4.79 Å². The number of halogens is 7. The van der Waals surface area contributed by atoms with Crippen molar-refractivity contribution in [3.8, 4) is 0 Å². The number of nitrogens with zero attached hydrogens (tertiary/aromatic N) is 1. The maximum absolute atomic E-state index is 12.6. The second-order valence-corrected chi connectivity index (χ2v) is 4.65. The summed E-state index contributed by atoms with van der Waals surface area (Å²) in [6.07, 6.45) is -11.9. The summed E-state index contributed by atoms with van der Waals surface area (Å²) >= 11 is 5.54. The van der Waals surface area contributed by atoms with Gasteiger partial charge in [0.05, 0.1) is 5.92 Å². The molecule has 0 heterocycles. The summed E-state index contributed by atoms with van der Waals surface area (Å²) in [6, 6.07) is 4.28. The number of carbonyl (C=O) groups excluding carboxylic acids is 1. The molecule has 0 amide bonds. The van der Waals surface area contributed by atoms with E-state index in [1.165, 1.54) is 0 Å². The second-order valence-electron chi connectivity index (χ2n) is 4.21. The van der Waals surface area contributed by atoms with Gasteiger partial charge in [-0.15, -0.1) is 0 Å². The minimum atomic E-state index is -5.34. The maximum atomic E-state index is 12.6. The van der Waals surface area contributed by atoms with E-state index < -0.39 is 36.2 Å². The summed E-state index contributed by atoms with van der Waals surface area (Å²) in [4.78, 5) is 11.4. The number of hydrogen-bond donors (Lipinski definition) is 1. The first-order valence-electron chi connectivity index (χ1n) is 5.61. The van der Waals surface area contributed by atoms with Crippen LogP contribution in [0.5, 0.6) is 0 Å². The molecule has 0 aliphatic heterocycles. The van der Waals surface area contributed by atoms with E-state index in [9.17, 15) is 31.1 Å². The van der Waals surface area contributed by atoms with Gasteiger partial charge < -0.3 is 5.21 Å². The molecule has 1 aromatic rings. The van der Waals surface area contributed by atoms with Gasteiger partial charge in [0.25, 0.3) is 0 Å². The highest BCUT2D eigenvalue weighted by Crippen LogP contribution is 2.33. The third-order valence-electron chi connectivity index (χ3n) is 2.71. The van der Waals surface area contributed by atoms with Crippen LogP contribution in [0.3, 0.4) is 0 Å². The van der Waals surface area contributed by atoms with E-state index in [0.717, 1.165) is 24.3 Å². The van der Waals surface area contributed by atoms with E-state index in [1.807, 2.05) is 5.16 Å². The van der Waals surface area contributed by atoms with E-state index in [4.69, 9.17) is 16.8 Å². The molecule has 0 aliphatic rings. The molecule has 1 atom stereocenters. The molecule has 0 saturated carbocycles. The van der Waals surface area contributed by atoms with Crippen molar-refractivity contribution in [2.24, 2.45) is 5.16 Å². The average molecular weight is 348 g/mol. The monoisotopic (exact) mass is 347 g/mol. The number of benzene rings is 1. The Kier molecular flexibility index (Phi) is 5.44. The highest BCUT2D eigenvalue weighted by Gasteiger charge is 2.47. The molecule has 10 heteroatoms. The predicted octanol–water partition coefficient (Wildman–Crippen LogP) is 4.34. The quantitative estimate of drug-likeness (QED) is 0.381. The molecule has 0 radical (unpaired) electrons. The summed E-state index contributed by atoms with van der Waals surface area (Å²) < 4.78 is 75.2. The molecule has 0 bridgehead atoms. The molecule has 1 unspecified atom stereocenters. The van der Waals surface area contributed by atoms with Crippen LogP contribution in [0.4, 0.5) is 26.3 Å². The molecule has 0 aromatic heterocycles. The fourth-order valence-electron chi connectivity index (χ4n) is 1.66. The predicted molar refractivity (Wildman–Crippen MR) is 65.1 cm³/mol. The Bertz CT molecular complexity index is 564. The molecular formula is C12H8ClF6NO2. The number of hydrogen-bond acceptors (Lipinski definition) is 3. The Balaban J connectivity index is 3.23. The highest BCUT2D eigenvalue weighted by atomic mass is 35.5. The van der Waals surface area contributed by atoms with Crippen LogP contribution in [0.1, 0.15) is 17.9 Å². The molecule has 1 aromatic carbocycles. The summed E-state index contributed by atoms with van der Waals surface area (Å²) in [7, 11) is 0. The molecule has 0 aliphatic carbocycles. The largest absolute Gasteiger partial charge is 0.450 e. The van der Waals surface area contributed by atoms with Crippen LogP contribution in [-0.4, -0.2) is 29.1 Å². The fraction of sp³-hybridized carbons (Fsp3) is 0.333. The van der Waals surface area contributed by atoms with Gasteiger partial charge in [-0.05, 0) is 17.7 Å². The third-order valence-corrected chi connectivity index (χ3v) is 2.97. The van der Waals surface area contributed by atoms with Crippen molar-refractivity contribution in [1.82, 2.24) is 0 Å². The number of carbonyl (C=O) groups is 1. The third kappa shape index (κ3) is 4.62. The average Bonchev–Trinajstić information content (AvgIpc) is 2.38. The number of Topliss-reactive ketones (excluding diaryl/α,β-unsaturated/α-hetero) is 1. The van der Waals surface area contributed by atoms with Crippen LogP contribution in [0.15, 0.2) is 29.4 Å². The maximum Gasteiger partial charge on any atom is 0.450 e. The molecule has 0 fully saturated rings. The SMILES string of the molecule is O=C(C(C/C(=N/O)C(F)(F)F)c1ccc(Cl)cc1)C(F)(F)F. The minimum absolute atomic E-state index is 0.133. The van der Waals surface area contributed by atoms with Crippen LogP contribution >= 0.6 is 11.6 Å². The van der Waals surface area contributed by atoms with Gasteiger partial charge in [-0.25, -0.2) is 0 Å². The second kappa shape index (κ2) is 6.55. The summed E-state index contributed by atoms with van der Waals surface area (Å²) in [5, 5.41) is 10.4. The molecule has 1 rings (SSSR count). The Morgan fingerprint density at radius 2 is 1.59 bits per heavy atom. The first-order valence-corrected chi connectivity index (χ1v) is 5.99. The smallest absolute Gasteiger partial charge is 0.411 e. The van der Waals surface area contributed by atoms with E-state index in [0.29, 0.717) is 0 Å². The number of ketones is 1. The van der Waals surface area contributed by atoms with Gasteiger partial charge in [0.15, 0.2) is 5.71 Å². The van der Waals surface area contributed by atoms with Crippen molar-refractivity contribution < 1.29 is 36.3 Å². The first-order chi connectivity index (χ1) is 9.96. The van der Waals surface area contributed by atoms with Crippen molar-refractivity contribution >= 4 is 23.1 Å². The van der Waals surface area contributed by atoms with Gasteiger partial charge in [-0.2, -0.15) is 26.3 Å². The molecular weight excluding hydrogens is 340 g/mol. The lowest BCUT2D eigenvalue weighted by atomic mass is 9.89. The van der Waals surface area contributed by atoms with Crippen molar-refractivity contribution in [1.29, 1.82) is 0 Å². The van der Waals surface area contributed by atoms with Gasteiger partial charge in [0.1, 0.15) is 0 Å². The van der Waals surface area contributed by atoms with Crippen molar-refractivity contribution in [3.05, 3.63) is 34.9 Å². The number of rotatable bonds is 4. The molecule has 0 spiro atoms. The topological polar surface area (TPSA) is 49.7 Å². The zero-order valence-corrected chi connectivity index (χ0v) is 11.3. The van der Waals surface area contributed by atoms with Crippen LogP contribution in [0.2, 0.25) is 5.02 Å². The lowest BCUT2D eigenvalue weighted by molar-refractivity contribution is -0.172. The summed E-state index contributed by atoms with van der Waals surface area (Å²) in [6.45, 7) is 0. The fourth-order valence-corrected chi connectivity index (χ4v) is 1.79. The van der Waals surface area contributed by atoms with Gasteiger partial charge in [-0.3, -0.25) is 4.79 Å². The lowest BCUT2D eigenvalue weighted by Crippen LogP contribution is -2.33. The standard InChI is InChI=1S/C12H8ClF6NO2/c13-7-3-1-6(2-4-7)8(10(21)12(17,18)19)5-9(20-22)11(14,15)16/h1-4,8,22H,5H2/b20-9-. The number of alkyl halides is 6. The van der Waals surface area contributed by atoms with Gasteiger partial charge in [-0.1, -0.05) is 28.9 Å². The molecule has 122 valence electrons. The Labute approximate surface area is 125 Å². The van der Waals surface area contributed by atoms with Crippen LogP contribution in [0.25, 0.3) is 0 Å². The van der Waals surface area contributed by atoms with Crippen molar-refractivity contribution in [2.45, 2.75) is 24.7 Å². The van der Waals surface area contributed by atoms with E-state index in [-0.39, 0.29) is 10.6 Å². The highest BCUT2D eigenvalue weighted by molar-refractivity contribution is 6.30. The molecule has 1 N–H and O–H groups in total. The normalized spacial score (nSPS) is 14.8. The number of oxime groups is 1. The molecule has 22 heavy (non-hydrogen) atoms. The van der Waals surface area contributed by atoms with Crippen LogP contribution in [0, 0.1) is 0 Å². The van der Waals surface area contributed by atoms with Gasteiger partial charge in [0, 0.05) is 11.4 Å². The zero-order chi connectivity index (χ0) is 17.1. The first kappa shape index (κ1) is 18.3.